The second-order valence-electron chi connectivity index (χ2n) is 3.91. The van der Waals surface area contributed by atoms with E-state index in [0.717, 1.165) is 22.7 Å². The lowest BCUT2D eigenvalue weighted by molar-refractivity contribution is 0.674. The van der Waals surface area contributed by atoms with Gasteiger partial charge >= 0.3 is 10.6 Å². The van der Waals surface area contributed by atoms with E-state index < -0.39 is 0 Å². The molecule has 0 aliphatic rings. The van der Waals surface area contributed by atoms with Crippen molar-refractivity contribution in [2.24, 2.45) is 0 Å². The Balaban J connectivity index is 2.36. The van der Waals surface area contributed by atoms with Gasteiger partial charge in [-0.2, -0.15) is 0 Å². The molecular formula is C12H14N2O2S. The van der Waals surface area contributed by atoms with Gasteiger partial charge in [-0.15, -0.1) is 0 Å². The maximum Gasteiger partial charge on any atom is 0.341 e. The molecule has 0 saturated heterocycles. The molecule has 2 rings (SSSR count). The quantitative estimate of drug-likeness (QED) is 0.827. The largest absolute Gasteiger partial charge is 0.341 e. The van der Waals surface area contributed by atoms with Crippen LogP contribution in [0, 0.1) is 6.92 Å². The summed E-state index contributed by atoms with van der Waals surface area (Å²) in [5.74, 6) is 0. The van der Waals surface area contributed by atoms with Gasteiger partial charge in [-0.25, -0.2) is 13.3 Å². The van der Waals surface area contributed by atoms with Crippen molar-refractivity contribution in [2.45, 2.75) is 26.9 Å². The van der Waals surface area contributed by atoms with E-state index in [0.29, 0.717) is 13.1 Å². The molecule has 0 unspecified atom stereocenters. The molecule has 0 N–H and O–H groups in total. The molecule has 0 fully saturated rings. The fraction of sp³-hybridized carbons (Fsp3) is 0.333. The Hall–Kier alpha value is -1.62. The summed E-state index contributed by atoms with van der Waals surface area (Å²) >= 11 is 0.975. The van der Waals surface area contributed by atoms with Crippen LogP contribution in [0.25, 0.3) is 0 Å². The Labute approximate surface area is 103 Å². The van der Waals surface area contributed by atoms with Gasteiger partial charge in [0.2, 0.25) is 0 Å². The standard InChI is InChI=1S/C12H14N2O2S/c1-3-14-11(15)13(12(16)17-14)8-10-6-4-9(2)5-7-10/h4-7H,3,8H2,1-2H3. The molecule has 1 aromatic carbocycles. The molecule has 0 atom stereocenters. The lowest BCUT2D eigenvalue weighted by Crippen LogP contribution is -2.29. The van der Waals surface area contributed by atoms with Crippen molar-refractivity contribution < 1.29 is 0 Å². The highest BCUT2D eigenvalue weighted by Gasteiger charge is 2.08. The maximum absolute atomic E-state index is 11.8. The number of aromatic nitrogens is 2. The Morgan fingerprint density at radius 1 is 1.18 bits per heavy atom. The Bertz CT molecular complexity index is 619. The smallest absolute Gasteiger partial charge is 0.255 e. The zero-order chi connectivity index (χ0) is 12.4. The average Bonchev–Trinajstić information content (AvgIpc) is 2.59. The van der Waals surface area contributed by atoms with Crippen molar-refractivity contribution in [1.82, 2.24) is 8.52 Å². The highest BCUT2D eigenvalue weighted by atomic mass is 32.1. The van der Waals surface area contributed by atoms with Crippen LogP contribution >= 0.6 is 11.5 Å². The predicted octanol–water partition coefficient (Wildman–Crippen LogP) is 1.45. The van der Waals surface area contributed by atoms with Gasteiger partial charge in [0.15, 0.2) is 0 Å². The van der Waals surface area contributed by atoms with Crippen molar-refractivity contribution >= 4 is 11.5 Å². The number of aryl methyl sites for hydroxylation is 2. The molecule has 0 saturated carbocycles. The van der Waals surface area contributed by atoms with Gasteiger partial charge in [-0.05, 0) is 19.4 Å². The summed E-state index contributed by atoms with van der Waals surface area (Å²) in [6.07, 6.45) is 0. The molecule has 90 valence electrons. The van der Waals surface area contributed by atoms with Crippen LogP contribution in [-0.2, 0) is 13.1 Å². The minimum absolute atomic E-state index is 0.197. The summed E-state index contributed by atoms with van der Waals surface area (Å²) in [5, 5.41) is 0. The van der Waals surface area contributed by atoms with Gasteiger partial charge in [-0.3, -0.25) is 4.79 Å². The van der Waals surface area contributed by atoms with Crippen LogP contribution in [0.4, 0.5) is 0 Å². The average molecular weight is 250 g/mol. The molecule has 0 radical (unpaired) electrons. The third-order valence-corrected chi connectivity index (χ3v) is 3.61. The van der Waals surface area contributed by atoms with Crippen LogP contribution in [0.15, 0.2) is 33.9 Å². The van der Waals surface area contributed by atoms with E-state index in [1.807, 2.05) is 38.1 Å². The summed E-state index contributed by atoms with van der Waals surface area (Å²) in [7, 11) is 0. The molecular weight excluding hydrogens is 236 g/mol. The number of hydrogen-bond donors (Lipinski definition) is 0. The molecule has 1 heterocycles. The van der Waals surface area contributed by atoms with Crippen LogP contribution in [0.5, 0.6) is 0 Å². The number of hydrogen-bond acceptors (Lipinski definition) is 3. The van der Waals surface area contributed by atoms with Gasteiger partial charge in [-0.1, -0.05) is 29.8 Å². The zero-order valence-electron chi connectivity index (χ0n) is 9.84. The Morgan fingerprint density at radius 3 is 2.35 bits per heavy atom. The van der Waals surface area contributed by atoms with Crippen molar-refractivity contribution in [3.05, 3.63) is 55.5 Å². The second-order valence-corrected chi connectivity index (χ2v) is 4.88. The number of benzene rings is 1. The molecule has 17 heavy (non-hydrogen) atoms. The van der Waals surface area contributed by atoms with E-state index in [1.165, 1.54) is 8.52 Å². The van der Waals surface area contributed by atoms with E-state index in [2.05, 4.69) is 0 Å². The first-order chi connectivity index (χ1) is 8.11. The predicted molar refractivity (Wildman–Crippen MR) is 68.8 cm³/mol. The Morgan fingerprint density at radius 2 is 1.82 bits per heavy atom. The van der Waals surface area contributed by atoms with Crippen LogP contribution in [0.2, 0.25) is 0 Å². The number of nitrogens with zero attached hydrogens (tertiary/aromatic N) is 2. The summed E-state index contributed by atoms with van der Waals surface area (Å²) < 4.78 is 2.75. The molecule has 0 spiro atoms. The molecule has 2 aromatic rings. The van der Waals surface area contributed by atoms with Crippen molar-refractivity contribution in [3.8, 4) is 0 Å². The molecule has 0 bridgehead atoms. The first-order valence-electron chi connectivity index (χ1n) is 5.48. The van der Waals surface area contributed by atoms with E-state index in [4.69, 9.17) is 0 Å². The van der Waals surface area contributed by atoms with Gasteiger partial charge in [0.25, 0.3) is 0 Å². The highest BCUT2D eigenvalue weighted by molar-refractivity contribution is 7.03. The van der Waals surface area contributed by atoms with E-state index in [1.54, 1.807) is 0 Å². The van der Waals surface area contributed by atoms with Crippen LogP contribution in [-0.4, -0.2) is 8.52 Å². The van der Waals surface area contributed by atoms with Crippen molar-refractivity contribution in [1.29, 1.82) is 0 Å². The molecule has 5 heteroatoms. The Kier molecular flexibility index (Phi) is 3.28. The fourth-order valence-corrected chi connectivity index (χ4v) is 2.34. The summed E-state index contributed by atoms with van der Waals surface area (Å²) in [4.78, 5) is 23.3. The van der Waals surface area contributed by atoms with Crippen molar-refractivity contribution in [2.75, 3.05) is 0 Å². The molecule has 4 nitrogen and oxygen atoms in total. The first kappa shape index (κ1) is 11.9. The molecule has 0 aliphatic carbocycles. The molecule has 1 aromatic heterocycles. The summed E-state index contributed by atoms with van der Waals surface area (Å²) in [6.45, 7) is 4.75. The van der Waals surface area contributed by atoms with Gasteiger partial charge in [0.1, 0.15) is 0 Å². The summed E-state index contributed by atoms with van der Waals surface area (Å²) in [5.41, 5.74) is 1.91. The first-order valence-corrected chi connectivity index (χ1v) is 6.25. The van der Waals surface area contributed by atoms with Crippen molar-refractivity contribution in [3.63, 3.8) is 0 Å². The normalized spacial score (nSPS) is 10.7. The monoisotopic (exact) mass is 250 g/mol. The third kappa shape index (κ3) is 2.39. The second kappa shape index (κ2) is 4.71. The zero-order valence-corrected chi connectivity index (χ0v) is 10.7. The third-order valence-electron chi connectivity index (χ3n) is 2.60. The highest BCUT2D eigenvalue weighted by Crippen LogP contribution is 2.03. The lowest BCUT2D eigenvalue weighted by atomic mass is 10.1. The molecule has 0 amide bonds. The van der Waals surface area contributed by atoms with Crippen LogP contribution < -0.4 is 10.6 Å². The summed E-state index contributed by atoms with van der Waals surface area (Å²) in [6, 6.07) is 7.83. The topological polar surface area (TPSA) is 44.0 Å². The van der Waals surface area contributed by atoms with Crippen LogP contribution in [0.1, 0.15) is 18.1 Å². The van der Waals surface area contributed by atoms with Gasteiger partial charge in [0, 0.05) is 18.1 Å². The van der Waals surface area contributed by atoms with Gasteiger partial charge < -0.3 is 0 Å². The molecule has 0 aliphatic heterocycles. The minimum Gasteiger partial charge on any atom is -0.255 e. The van der Waals surface area contributed by atoms with Gasteiger partial charge in [0.05, 0.1) is 6.54 Å². The number of rotatable bonds is 3. The van der Waals surface area contributed by atoms with E-state index in [9.17, 15) is 9.59 Å². The SMILES string of the molecule is CCn1sc(=O)n(Cc2ccc(C)cc2)c1=O. The minimum atomic E-state index is -0.219. The van der Waals surface area contributed by atoms with E-state index >= 15 is 0 Å². The fourth-order valence-electron chi connectivity index (χ4n) is 1.60. The lowest BCUT2D eigenvalue weighted by Gasteiger charge is -2.01. The van der Waals surface area contributed by atoms with E-state index in [-0.39, 0.29) is 10.6 Å². The maximum atomic E-state index is 11.8. The van der Waals surface area contributed by atoms with Crippen LogP contribution in [0.3, 0.4) is 0 Å².